The van der Waals surface area contributed by atoms with Crippen LogP contribution in [-0.2, 0) is 11.3 Å². The highest BCUT2D eigenvalue weighted by molar-refractivity contribution is 5.99. The van der Waals surface area contributed by atoms with Crippen LogP contribution in [0, 0.1) is 0 Å². The summed E-state index contributed by atoms with van der Waals surface area (Å²) in [5.74, 6) is 1.27. The quantitative estimate of drug-likeness (QED) is 0.355. The van der Waals surface area contributed by atoms with Crippen molar-refractivity contribution in [1.29, 1.82) is 0 Å². The van der Waals surface area contributed by atoms with E-state index in [-0.39, 0.29) is 5.91 Å². The van der Waals surface area contributed by atoms with Crippen LogP contribution in [0.1, 0.15) is 15.9 Å². The Bertz CT molecular complexity index is 1220. The highest BCUT2D eigenvalue weighted by atomic mass is 16.5. The Morgan fingerprint density at radius 3 is 2.44 bits per heavy atom. The second kappa shape index (κ2) is 11.2. The molecule has 4 aromatic rings. The summed E-state index contributed by atoms with van der Waals surface area (Å²) in [7, 11) is 3.26. The van der Waals surface area contributed by atoms with Gasteiger partial charge in [-0.05, 0) is 54.1 Å². The number of benzene rings is 3. The minimum atomic E-state index is -0.210. The average molecular weight is 458 g/mol. The molecule has 3 aromatic carbocycles. The Hall–Kier alpha value is -4.10. The Balaban J connectivity index is 1.56. The maximum atomic E-state index is 13.2. The molecule has 0 fully saturated rings. The number of carbonyl (C=O) groups excluding carboxylic acids is 1. The number of nitrogens with one attached hydrogen (secondary N) is 1. The van der Waals surface area contributed by atoms with Gasteiger partial charge in [0.1, 0.15) is 23.8 Å². The van der Waals surface area contributed by atoms with Crippen molar-refractivity contribution in [2.45, 2.75) is 6.54 Å². The molecule has 0 bridgehead atoms. The fraction of sp³-hybridized carbons (Fsp3) is 0.185. The summed E-state index contributed by atoms with van der Waals surface area (Å²) < 4.78 is 17.7. The Labute approximate surface area is 198 Å². The van der Waals surface area contributed by atoms with Crippen LogP contribution in [0.25, 0.3) is 16.9 Å². The van der Waals surface area contributed by atoms with Crippen molar-refractivity contribution in [3.8, 4) is 28.4 Å². The van der Waals surface area contributed by atoms with Gasteiger partial charge in [0.05, 0.1) is 25.0 Å². The number of aromatic nitrogens is 2. The summed E-state index contributed by atoms with van der Waals surface area (Å²) in [6.07, 6.45) is 1.76. The van der Waals surface area contributed by atoms with Crippen LogP contribution in [0.4, 0.5) is 0 Å². The number of rotatable bonds is 10. The molecule has 7 nitrogen and oxygen atoms in total. The molecular weight excluding hydrogens is 430 g/mol. The molecule has 0 saturated heterocycles. The number of carbonyl (C=O) groups is 1. The smallest absolute Gasteiger partial charge is 0.255 e. The molecule has 0 saturated carbocycles. The third-order valence-corrected chi connectivity index (χ3v) is 5.25. The Morgan fingerprint density at radius 2 is 1.71 bits per heavy atom. The Morgan fingerprint density at radius 1 is 0.912 bits per heavy atom. The molecule has 0 radical (unpaired) electrons. The lowest BCUT2D eigenvalue weighted by Crippen LogP contribution is -2.23. The van der Waals surface area contributed by atoms with E-state index in [0.717, 1.165) is 28.3 Å². The van der Waals surface area contributed by atoms with Crippen molar-refractivity contribution in [1.82, 2.24) is 15.1 Å². The molecule has 0 spiro atoms. The second-order valence-corrected chi connectivity index (χ2v) is 7.57. The van der Waals surface area contributed by atoms with E-state index in [9.17, 15) is 4.79 Å². The standard InChI is InChI=1S/C27H27N3O4/c1-32-15-16-34-24-10-6-7-20(17-24)18-28-27(31)25-19-30(22-8-4-3-5-9-22)29-26(25)21-11-13-23(33-2)14-12-21/h3-14,17,19H,15-16,18H2,1-2H3,(H,28,31). The molecule has 0 atom stereocenters. The van der Waals surface area contributed by atoms with Gasteiger partial charge < -0.3 is 19.5 Å². The first-order valence-electron chi connectivity index (χ1n) is 11.0. The minimum absolute atomic E-state index is 0.210. The maximum Gasteiger partial charge on any atom is 0.255 e. The van der Waals surface area contributed by atoms with Crippen LogP contribution >= 0.6 is 0 Å². The van der Waals surface area contributed by atoms with Crippen LogP contribution in [0.5, 0.6) is 11.5 Å². The minimum Gasteiger partial charge on any atom is -0.497 e. The largest absolute Gasteiger partial charge is 0.497 e. The number of amides is 1. The monoisotopic (exact) mass is 457 g/mol. The summed E-state index contributed by atoms with van der Waals surface area (Å²) >= 11 is 0. The zero-order valence-corrected chi connectivity index (χ0v) is 19.2. The van der Waals surface area contributed by atoms with Gasteiger partial charge in [-0.3, -0.25) is 4.79 Å². The van der Waals surface area contributed by atoms with Crippen molar-refractivity contribution in [3.63, 3.8) is 0 Å². The van der Waals surface area contributed by atoms with E-state index in [1.54, 1.807) is 25.1 Å². The number of hydrogen-bond acceptors (Lipinski definition) is 5. The molecule has 1 N–H and O–H groups in total. The van der Waals surface area contributed by atoms with E-state index in [1.807, 2.05) is 78.9 Å². The molecule has 0 aliphatic heterocycles. The first-order chi connectivity index (χ1) is 16.7. The fourth-order valence-electron chi connectivity index (χ4n) is 3.48. The molecule has 1 heterocycles. The summed E-state index contributed by atoms with van der Waals surface area (Å²) in [4.78, 5) is 13.2. The molecule has 1 amide bonds. The SMILES string of the molecule is COCCOc1cccc(CNC(=O)c2cn(-c3ccccc3)nc2-c2ccc(OC)cc2)c1. The molecular formula is C27H27N3O4. The van der Waals surface area contributed by atoms with Gasteiger partial charge in [-0.15, -0.1) is 0 Å². The van der Waals surface area contributed by atoms with E-state index in [2.05, 4.69) is 5.32 Å². The molecule has 0 unspecified atom stereocenters. The highest BCUT2D eigenvalue weighted by Gasteiger charge is 2.19. The van der Waals surface area contributed by atoms with E-state index in [0.29, 0.717) is 31.0 Å². The van der Waals surface area contributed by atoms with Gasteiger partial charge in [-0.1, -0.05) is 30.3 Å². The van der Waals surface area contributed by atoms with Gasteiger partial charge >= 0.3 is 0 Å². The van der Waals surface area contributed by atoms with Crippen LogP contribution in [-0.4, -0.2) is 43.1 Å². The number of ether oxygens (including phenoxy) is 3. The number of hydrogen-bond donors (Lipinski definition) is 1. The van der Waals surface area contributed by atoms with E-state index >= 15 is 0 Å². The van der Waals surface area contributed by atoms with Crippen molar-refractivity contribution in [2.24, 2.45) is 0 Å². The predicted molar refractivity (Wildman–Crippen MR) is 131 cm³/mol. The predicted octanol–water partition coefficient (Wildman–Crippen LogP) is 4.50. The van der Waals surface area contributed by atoms with Gasteiger partial charge in [0, 0.05) is 25.4 Å². The third kappa shape index (κ3) is 5.63. The lowest BCUT2D eigenvalue weighted by atomic mass is 10.1. The zero-order valence-electron chi connectivity index (χ0n) is 19.2. The van der Waals surface area contributed by atoms with E-state index in [4.69, 9.17) is 19.3 Å². The zero-order chi connectivity index (χ0) is 23.8. The number of methoxy groups -OCH3 is 2. The van der Waals surface area contributed by atoms with Crippen molar-refractivity contribution < 1.29 is 19.0 Å². The van der Waals surface area contributed by atoms with Crippen LogP contribution in [0.15, 0.2) is 85.1 Å². The molecule has 34 heavy (non-hydrogen) atoms. The van der Waals surface area contributed by atoms with E-state index < -0.39 is 0 Å². The molecule has 0 aliphatic carbocycles. The Kier molecular flexibility index (Phi) is 7.57. The molecule has 4 rings (SSSR count). The molecule has 1 aromatic heterocycles. The second-order valence-electron chi connectivity index (χ2n) is 7.57. The summed E-state index contributed by atoms with van der Waals surface area (Å²) in [6.45, 7) is 1.34. The molecule has 0 aliphatic rings. The van der Waals surface area contributed by atoms with Gasteiger partial charge in [0.2, 0.25) is 0 Å². The first-order valence-corrected chi connectivity index (χ1v) is 11.0. The lowest BCUT2D eigenvalue weighted by Gasteiger charge is -2.09. The van der Waals surface area contributed by atoms with Crippen LogP contribution in [0.2, 0.25) is 0 Å². The van der Waals surface area contributed by atoms with Gasteiger partial charge in [-0.2, -0.15) is 5.10 Å². The van der Waals surface area contributed by atoms with Gasteiger partial charge in [0.25, 0.3) is 5.91 Å². The van der Waals surface area contributed by atoms with Crippen molar-refractivity contribution in [3.05, 3.63) is 96.2 Å². The highest BCUT2D eigenvalue weighted by Crippen LogP contribution is 2.26. The normalized spacial score (nSPS) is 10.6. The van der Waals surface area contributed by atoms with Crippen molar-refractivity contribution >= 4 is 5.91 Å². The topological polar surface area (TPSA) is 74.6 Å². The fourth-order valence-corrected chi connectivity index (χ4v) is 3.48. The summed E-state index contributed by atoms with van der Waals surface area (Å²) in [6, 6.07) is 24.9. The number of nitrogens with zero attached hydrogens (tertiary/aromatic N) is 2. The lowest BCUT2D eigenvalue weighted by molar-refractivity contribution is 0.0951. The van der Waals surface area contributed by atoms with Crippen LogP contribution < -0.4 is 14.8 Å². The summed E-state index contributed by atoms with van der Waals surface area (Å²) in [5.41, 5.74) is 3.72. The van der Waals surface area contributed by atoms with Crippen molar-refractivity contribution in [2.75, 3.05) is 27.4 Å². The third-order valence-electron chi connectivity index (χ3n) is 5.25. The van der Waals surface area contributed by atoms with Crippen LogP contribution in [0.3, 0.4) is 0 Å². The number of para-hydroxylation sites is 1. The summed E-state index contributed by atoms with van der Waals surface area (Å²) in [5, 5.41) is 7.73. The molecule has 7 heteroatoms. The average Bonchev–Trinajstić information content (AvgIpc) is 3.34. The van der Waals surface area contributed by atoms with Gasteiger partial charge in [0.15, 0.2) is 0 Å². The van der Waals surface area contributed by atoms with Gasteiger partial charge in [-0.25, -0.2) is 4.68 Å². The van der Waals surface area contributed by atoms with E-state index in [1.165, 1.54) is 0 Å². The maximum absolute atomic E-state index is 13.2. The first kappa shape index (κ1) is 23.1. The molecule has 174 valence electrons.